The molecule has 5 nitrogen and oxygen atoms in total. The van der Waals surface area contributed by atoms with Crippen molar-refractivity contribution < 1.29 is 0 Å². The van der Waals surface area contributed by atoms with Gasteiger partial charge in [-0.2, -0.15) is 0 Å². The van der Waals surface area contributed by atoms with Crippen LogP contribution in [0.15, 0.2) is 42.9 Å². The van der Waals surface area contributed by atoms with Crippen molar-refractivity contribution in [3.05, 3.63) is 54.1 Å². The Morgan fingerprint density at radius 3 is 2.89 bits per heavy atom. The molecule has 2 rings (SSSR count). The predicted octanol–water partition coefficient (Wildman–Crippen LogP) is 1.40. The number of aromatic nitrogens is 2. The van der Waals surface area contributed by atoms with Crippen LogP contribution in [0.1, 0.15) is 11.3 Å². The Balaban J connectivity index is 2.16. The van der Waals surface area contributed by atoms with Gasteiger partial charge >= 0.3 is 0 Å². The maximum absolute atomic E-state index is 7.38. The molecule has 0 radical (unpaired) electrons. The normalized spacial score (nSPS) is 10.1. The summed E-state index contributed by atoms with van der Waals surface area (Å²) in [6, 6.07) is 7.63. The standard InChI is InChI=1S/C13H15N5/c1-18(9-10-3-2-5-16-8-10)11-4-6-17-12(7-11)13(14)15/h2-8H,9H2,1H3,(H3,14,15). The Hall–Kier alpha value is -2.43. The molecule has 0 saturated carbocycles. The van der Waals surface area contributed by atoms with Crippen molar-refractivity contribution >= 4 is 11.5 Å². The smallest absolute Gasteiger partial charge is 0.141 e. The molecule has 0 aromatic carbocycles. The SMILES string of the molecule is CN(Cc1cccnc1)c1ccnc(C(=N)N)c1. The van der Waals surface area contributed by atoms with Gasteiger partial charge in [-0.15, -0.1) is 0 Å². The molecule has 92 valence electrons. The fourth-order valence-corrected chi connectivity index (χ4v) is 1.66. The van der Waals surface area contributed by atoms with Gasteiger partial charge in [0.25, 0.3) is 0 Å². The van der Waals surface area contributed by atoms with E-state index in [2.05, 4.69) is 14.9 Å². The van der Waals surface area contributed by atoms with Gasteiger partial charge in [0, 0.05) is 37.9 Å². The lowest BCUT2D eigenvalue weighted by Gasteiger charge is -2.19. The highest BCUT2D eigenvalue weighted by Crippen LogP contribution is 2.15. The molecule has 2 aromatic rings. The number of pyridine rings is 2. The third-order valence-corrected chi connectivity index (χ3v) is 2.60. The molecule has 0 saturated heterocycles. The van der Waals surface area contributed by atoms with Crippen molar-refractivity contribution in [2.75, 3.05) is 11.9 Å². The number of nitrogens with zero attached hydrogens (tertiary/aromatic N) is 3. The fourth-order valence-electron chi connectivity index (χ4n) is 1.66. The lowest BCUT2D eigenvalue weighted by Crippen LogP contribution is -2.18. The van der Waals surface area contributed by atoms with Crippen LogP contribution < -0.4 is 10.6 Å². The minimum absolute atomic E-state index is 0.0216. The summed E-state index contributed by atoms with van der Waals surface area (Å²) >= 11 is 0. The van der Waals surface area contributed by atoms with E-state index in [4.69, 9.17) is 11.1 Å². The van der Waals surface area contributed by atoms with Gasteiger partial charge in [0.2, 0.25) is 0 Å². The van der Waals surface area contributed by atoms with Gasteiger partial charge in [-0.05, 0) is 23.8 Å². The summed E-state index contributed by atoms with van der Waals surface area (Å²) in [6.07, 6.45) is 5.25. The largest absolute Gasteiger partial charge is 0.382 e. The van der Waals surface area contributed by atoms with E-state index in [-0.39, 0.29) is 5.84 Å². The molecule has 0 aliphatic rings. The van der Waals surface area contributed by atoms with E-state index in [0.717, 1.165) is 17.8 Å². The van der Waals surface area contributed by atoms with Gasteiger partial charge in [-0.25, -0.2) is 0 Å². The quantitative estimate of drug-likeness (QED) is 0.626. The van der Waals surface area contributed by atoms with Crippen LogP contribution in [-0.4, -0.2) is 22.9 Å². The maximum Gasteiger partial charge on any atom is 0.141 e. The Labute approximate surface area is 106 Å². The Bertz CT molecular complexity index is 538. The third-order valence-electron chi connectivity index (χ3n) is 2.60. The van der Waals surface area contributed by atoms with Gasteiger partial charge in [0.05, 0.1) is 0 Å². The van der Waals surface area contributed by atoms with E-state index < -0.39 is 0 Å². The van der Waals surface area contributed by atoms with E-state index in [0.29, 0.717) is 5.69 Å². The molecule has 2 heterocycles. The summed E-state index contributed by atoms with van der Waals surface area (Å²) in [4.78, 5) is 10.2. The Morgan fingerprint density at radius 2 is 2.22 bits per heavy atom. The van der Waals surface area contributed by atoms with Crippen LogP contribution in [0.5, 0.6) is 0 Å². The first kappa shape index (κ1) is 12.0. The first-order chi connectivity index (χ1) is 8.66. The van der Waals surface area contributed by atoms with Crippen molar-refractivity contribution in [3.8, 4) is 0 Å². The summed E-state index contributed by atoms with van der Waals surface area (Å²) in [7, 11) is 1.98. The molecule has 0 aliphatic carbocycles. The zero-order valence-electron chi connectivity index (χ0n) is 10.2. The number of nitrogens with two attached hydrogens (primary N) is 1. The van der Waals surface area contributed by atoms with Crippen LogP contribution in [-0.2, 0) is 6.54 Å². The molecular formula is C13H15N5. The van der Waals surface area contributed by atoms with E-state index in [1.54, 1.807) is 18.5 Å². The van der Waals surface area contributed by atoms with Crippen molar-refractivity contribution in [3.63, 3.8) is 0 Å². The highest BCUT2D eigenvalue weighted by molar-refractivity contribution is 5.93. The molecular weight excluding hydrogens is 226 g/mol. The molecule has 0 atom stereocenters. The molecule has 0 fully saturated rings. The average Bonchev–Trinajstić information content (AvgIpc) is 2.40. The number of nitrogen functional groups attached to an aromatic ring is 1. The molecule has 2 aromatic heterocycles. The molecule has 18 heavy (non-hydrogen) atoms. The van der Waals surface area contributed by atoms with Crippen LogP contribution in [0, 0.1) is 5.41 Å². The van der Waals surface area contributed by atoms with Crippen LogP contribution in [0.25, 0.3) is 0 Å². The van der Waals surface area contributed by atoms with Gasteiger partial charge in [0.15, 0.2) is 0 Å². The van der Waals surface area contributed by atoms with Gasteiger partial charge in [-0.3, -0.25) is 15.4 Å². The lowest BCUT2D eigenvalue weighted by molar-refractivity contribution is 0.912. The second-order valence-corrected chi connectivity index (χ2v) is 4.03. The Morgan fingerprint density at radius 1 is 1.39 bits per heavy atom. The summed E-state index contributed by atoms with van der Waals surface area (Å²) in [6.45, 7) is 0.745. The molecule has 0 spiro atoms. The van der Waals surface area contributed by atoms with Crippen LogP contribution in [0.4, 0.5) is 5.69 Å². The summed E-state index contributed by atoms with van der Waals surface area (Å²) in [5, 5.41) is 7.38. The molecule has 0 aliphatic heterocycles. The van der Waals surface area contributed by atoms with Crippen molar-refractivity contribution in [2.24, 2.45) is 5.73 Å². The minimum Gasteiger partial charge on any atom is -0.382 e. The van der Waals surface area contributed by atoms with Gasteiger partial charge in [-0.1, -0.05) is 6.07 Å². The summed E-state index contributed by atoms with van der Waals surface area (Å²) in [5.41, 5.74) is 8.02. The second-order valence-electron chi connectivity index (χ2n) is 4.03. The van der Waals surface area contributed by atoms with Crippen molar-refractivity contribution in [2.45, 2.75) is 6.54 Å². The fraction of sp³-hybridized carbons (Fsp3) is 0.154. The number of rotatable bonds is 4. The summed E-state index contributed by atoms with van der Waals surface area (Å²) in [5.74, 6) is -0.0216. The number of hydrogen-bond donors (Lipinski definition) is 2. The van der Waals surface area contributed by atoms with E-state index in [1.807, 2.05) is 31.4 Å². The zero-order chi connectivity index (χ0) is 13.0. The molecule has 5 heteroatoms. The van der Waals surface area contributed by atoms with Crippen molar-refractivity contribution in [1.29, 1.82) is 5.41 Å². The topological polar surface area (TPSA) is 78.9 Å². The first-order valence-electron chi connectivity index (χ1n) is 5.57. The number of nitrogens with one attached hydrogen (secondary N) is 1. The van der Waals surface area contributed by atoms with Crippen LogP contribution in [0.2, 0.25) is 0 Å². The first-order valence-corrected chi connectivity index (χ1v) is 5.57. The third kappa shape index (κ3) is 2.82. The summed E-state index contributed by atoms with van der Waals surface area (Å²) < 4.78 is 0. The second kappa shape index (κ2) is 5.27. The lowest BCUT2D eigenvalue weighted by atomic mass is 10.2. The highest BCUT2D eigenvalue weighted by atomic mass is 15.1. The molecule has 0 unspecified atom stereocenters. The van der Waals surface area contributed by atoms with Crippen molar-refractivity contribution in [1.82, 2.24) is 9.97 Å². The van der Waals surface area contributed by atoms with E-state index in [1.165, 1.54) is 0 Å². The molecule has 0 bridgehead atoms. The highest BCUT2D eigenvalue weighted by Gasteiger charge is 2.05. The number of hydrogen-bond acceptors (Lipinski definition) is 4. The number of amidine groups is 1. The monoisotopic (exact) mass is 241 g/mol. The van der Waals surface area contributed by atoms with Gasteiger partial charge < -0.3 is 10.6 Å². The number of anilines is 1. The van der Waals surface area contributed by atoms with E-state index >= 15 is 0 Å². The van der Waals surface area contributed by atoms with E-state index in [9.17, 15) is 0 Å². The Kier molecular flexibility index (Phi) is 3.52. The van der Waals surface area contributed by atoms with Crippen LogP contribution >= 0.6 is 0 Å². The molecule has 0 amide bonds. The van der Waals surface area contributed by atoms with Gasteiger partial charge in [0.1, 0.15) is 11.5 Å². The molecule has 3 N–H and O–H groups in total. The predicted molar refractivity (Wildman–Crippen MR) is 71.6 cm³/mol. The zero-order valence-corrected chi connectivity index (χ0v) is 10.2. The minimum atomic E-state index is -0.0216. The van der Waals surface area contributed by atoms with Crippen LogP contribution in [0.3, 0.4) is 0 Å². The maximum atomic E-state index is 7.38. The average molecular weight is 241 g/mol.